The molecular formula is C31H39FN2O4. The quantitative estimate of drug-likeness (QED) is 0.250. The molecule has 204 valence electrons. The number of unbranched alkanes of at least 4 members (excludes halogenated alkanes) is 1. The van der Waals surface area contributed by atoms with Crippen LogP contribution >= 0.6 is 0 Å². The average molecular weight is 523 g/mol. The van der Waals surface area contributed by atoms with Gasteiger partial charge in [0.1, 0.15) is 11.4 Å². The zero-order chi connectivity index (χ0) is 27.1. The van der Waals surface area contributed by atoms with Crippen LogP contribution in [0.1, 0.15) is 68.9 Å². The highest BCUT2D eigenvalue weighted by Crippen LogP contribution is 2.44. The van der Waals surface area contributed by atoms with Crippen molar-refractivity contribution < 1.29 is 23.0 Å². The first-order valence-corrected chi connectivity index (χ1v) is 13.6. The number of fused-ring (bicyclic) bond motifs is 1. The molecule has 1 fully saturated rings. The molecule has 3 aromatic rings. The number of ether oxygens (including phenoxy) is 3. The molecule has 1 unspecified atom stereocenters. The summed E-state index contributed by atoms with van der Waals surface area (Å²) in [5.41, 5.74) is 2.11. The predicted octanol–water partition coefficient (Wildman–Crippen LogP) is 7.21. The summed E-state index contributed by atoms with van der Waals surface area (Å²) < 4.78 is 35.9. The normalized spacial score (nSPS) is 16.2. The Bertz CT molecular complexity index is 1230. The predicted molar refractivity (Wildman–Crippen MR) is 147 cm³/mol. The number of likely N-dealkylation sites (tertiary alicyclic amines) is 1. The van der Waals surface area contributed by atoms with Gasteiger partial charge in [-0.1, -0.05) is 19.8 Å². The zero-order valence-corrected chi connectivity index (χ0v) is 23.0. The number of methoxy groups -OCH3 is 3. The lowest BCUT2D eigenvalue weighted by Gasteiger charge is -2.33. The van der Waals surface area contributed by atoms with Crippen LogP contribution in [0.3, 0.4) is 0 Å². The fourth-order valence-electron chi connectivity index (χ4n) is 5.84. The topological polar surface area (TPSA) is 67.9 Å². The number of piperidine rings is 1. The molecule has 0 amide bonds. The number of nitrogens with zero attached hydrogens (tertiary/aromatic N) is 2. The highest BCUT2D eigenvalue weighted by atomic mass is 19.1. The lowest BCUT2D eigenvalue weighted by Crippen LogP contribution is -2.35. The van der Waals surface area contributed by atoms with Crippen LogP contribution in [0.4, 0.5) is 4.39 Å². The molecule has 38 heavy (non-hydrogen) atoms. The first kappa shape index (κ1) is 27.8. The summed E-state index contributed by atoms with van der Waals surface area (Å²) >= 11 is 0. The number of hydrogen-bond donors (Lipinski definition) is 0. The van der Waals surface area contributed by atoms with Crippen LogP contribution in [-0.4, -0.2) is 45.9 Å². The molecule has 1 atom stereocenters. The van der Waals surface area contributed by atoms with Crippen molar-refractivity contribution in [2.45, 2.75) is 63.2 Å². The molecule has 7 heteroatoms. The molecule has 1 aromatic heterocycles. The molecule has 0 saturated carbocycles. The zero-order valence-electron chi connectivity index (χ0n) is 23.0. The van der Waals surface area contributed by atoms with Gasteiger partial charge in [0.25, 0.3) is 0 Å². The third-order valence-electron chi connectivity index (χ3n) is 8.06. The van der Waals surface area contributed by atoms with Gasteiger partial charge in [-0.25, -0.2) is 4.39 Å². The monoisotopic (exact) mass is 522 g/mol. The van der Waals surface area contributed by atoms with Crippen LogP contribution in [0.15, 0.2) is 41.0 Å². The van der Waals surface area contributed by atoms with Crippen molar-refractivity contribution in [3.05, 3.63) is 53.5 Å². The van der Waals surface area contributed by atoms with E-state index in [1.54, 1.807) is 27.6 Å². The molecule has 1 aliphatic heterocycles. The maximum atomic E-state index is 13.5. The molecule has 1 saturated heterocycles. The van der Waals surface area contributed by atoms with Gasteiger partial charge in [-0.15, -0.1) is 0 Å². The second-order valence-electron chi connectivity index (χ2n) is 10.3. The van der Waals surface area contributed by atoms with Gasteiger partial charge in [-0.05, 0) is 87.5 Å². The maximum absolute atomic E-state index is 13.5. The van der Waals surface area contributed by atoms with Crippen molar-refractivity contribution in [1.82, 2.24) is 4.90 Å². The van der Waals surface area contributed by atoms with Gasteiger partial charge in [-0.2, -0.15) is 5.26 Å². The summed E-state index contributed by atoms with van der Waals surface area (Å²) in [7, 11) is 4.80. The van der Waals surface area contributed by atoms with E-state index in [0.717, 1.165) is 75.5 Å². The number of furan rings is 1. The Morgan fingerprint density at radius 2 is 1.71 bits per heavy atom. The van der Waals surface area contributed by atoms with Gasteiger partial charge < -0.3 is 23.5 Å². The number of hydrogen-bond acceptors (Lipinski definition) is 6. The van der Waals surface area contributed by atoms with Gasteiger partial charge in [0, 0.05) is 17.0 Å². The van der Waals surface area contributed by atoms with E-state index in [1.165, 1.54) is 17.7 Å². The summed E-state index contributed by atoms with van der Waals surface area (Å²) in [6.07, 6.45) is 8.35. The standard InChI is InChI=1S/C31H39FN2O4/c1-5-6-12-31(21-33,23-17-28(35-2)30(37-4)29(18-23)36-3)13-7-14-34-15-10-22(11-16-34)26-20-38-27-19-24(32)8-9-25(26)27/h8-9,17-20,22H,5-7,10-16H2,1-4H3. The van der Waals surface area contributed by atoms with Crippen molar-refractivity contribution in [2.75, 3.05) is 41.0 Å². The molecule has 0 bridgehead atoms. The van der Waals surface area contributed by atoms with Gasteiger partial charge in [0.05, 0.1) is 39.1 Å². The van der Waals surface area contributed by atoms with Crippen molar-refractivity contribution >= 4 is 11.0 Å². The van der Waals surface area contributed by atoms with Crippen molar-refractivity contribution in [3.63, 3.8) is 0 Å². The van der Waals surface area contributed by atoms with E-state index in [0.29, 0.717) is 28.7 Å². The Balaban J connectivity index is 1.42. The van der Waals surface area contributed by atoms with Gasteiger partial charge in [-0.3, -0.25) is 0 Å². The molecule has 0 N–H and O–H groups in total. The second kappa shape index (κ2) is 12.5. The summed E-state index contributed by atoms with van der Waals surface area (Å²) in [5, 5.41) is 11.5. The lowest BCUT2D eigenvalue weighted by molar-refractivity contribution is 0.204. The molecule has 0 spiro atoms. The number of rotatable bonds is 12. The van der Waals surface area contributed by atoms with Crippen LogP contribution in [0, 0.1) is 17.1 Å². The Morgan fingerprint density at radius 1 is 1.03 bits per heavy atom. The summed E-state index contributed by atoms with van der Waals surface area (Å²) in [4.78, 5) is 2.50. The third-order valence-corrected chi connectivity index (χ3v) is 8.06. The molecular weight excluding hydrogens is 483 g/mol. The minimum atomic E-state index is -0.619. The summed E-state index contributed by atoms with van der Waals surface area (Å²) in [6, 6.07) is 11.4. The van der Waals surface area contributed by atoms with E-state index in [9.17, 15) is 9.65 Å². The summed E-state index contributed by atoms with van der Waals surface area (Å²) in [6.45, 7) is 5.10. The molecule has 4 rings (SSSR count). The van der Waals surface area contributed by atoms with Crippen molar-refractivity contribution in [1.29, 1.82) is 5.26 Å². The highest BCUT2D eigenvalue weighted by molar-refractivity contribution is 5.81. The van der Waals surface area contributed by atoms with E-state index in [1.807, 2.05) is 18.2 Å². The average Bonchev–Trinajstić information content (AvgIpc) is 3.37. The minimum Gasteiger partial charge on any atom is -0.493 e. The minimum absolute atomic E-state index is 0.271. The Labute approximate surface area is 225 Å². The van der Waals surface area contributed by atoms with Crippen LogP contribution in [0.2, 0.25) is 0 Å². The smallest absolute Gasteiger partial charge is 0.203 e. The number of benzene rings is 2. The largest absolute Gasteiger partial charge is 0.493 e. The van der Waals surface area contributed by atoms with Crippen LogP contribution in [0.25, 0.3) is 11.0 Å². The molecule has 1 aliphatic rings. The van der Waals surface area contributed by atoms with E-state index < -0.39 is 5.41 Å². The summed E-state index contributed by atoms with van der Waals surface area (Å²) in [5.74, 6) is 1.84. The molecule has 2 aromatic carbocycles. The molecule has 0 aliphatic carbocycles. The molecule has 6 nitrogen and oxygen atoms in total. The van der Waals surface area contributed by atoms with Gasteiger partial charge in [0.2, 0.25) is 5.75 Å². The third kappa shape index (κ3) is 5.76. The SMILES string of the molecule is CCCCC(C#N)(CCCN1CCC(c2coc3cc(F)ccc23)CC1)c1cc(OC)c(OC)c(OC)c1. The highest BCUT2D eigenvalue weighted by Gasteiger charge is 2.34. The van der Waals surface area contributed by atoms with Gasteiger partial charge in [0.15, 0.2) is 11.5 Å². The van der Waals surface area contributed by atoms with E-state index in [4.69, 9.17) is 18.6 Å². The Hall–Kier alpha value is -3.24. The fraction of sp³-hybridized carbons (Fsp3) is 0.516. The first-order valence-electron chi connectivity index (χ1n) is 13.6. The number of halogens is 1. The maximum Gasteiger partial charge on any atom is 0.203 e. The fourth-order valence-corrected chi connectivity index (χ4v) is 5.84. The molecule has 0 radical (unpaired) electrons. The Morgan fingerprint density at radius 3 is 2.32 bits per heavy atom. The van der Waals surface area contributed by atoms with E-state index in [2.05, 4.69) is 17.9 Å². The second-order valence-corrected chi connectivity index (χ2v) is 10.3. The lowest BCUT2D eigenvalue weighted by atomic mass is 9.74. The van der Waals surface area contributed by atoms with E-state index >= 15 is 0 Å². The van der Waals surface area contributed by atoms with Crippen molar-refractivity contribution in [3.8, 4) is 23.3 Å². The van der Waals surface area contributed by atoms with Crippen LogP contribution in [-0.2, 0) is 5.41 Å². The van der Waals surface area contributed by atoms with Gasteiger partial charge >= 0.3 is 0 Å². The van der Waals surface area contributed by atoms with Crippen LogP contribution < -0.4 is 14.2 Å². The first-order chi connectivity index (χ1) is 18.5. The number of nitriles is 1. The molecule has 2 heterocycles. The van der Waals surface area contributed by atoms with Crippen LogP contribution in [0.5, 0.6) is 17.2 Å². The van der Waals surface area contributed by atoms with E-state index in [-0.39, 0.29) is 5.82 Å². The van der Waals surface area contributed by atoms with Crippen molar-refractivity contribution in [2.24, 2.45) is 0 Å². The Kier molecular flexibility index (Phi) is 9.17.